The minimum Gasteiger partial charge on any atom is -0.497 e. The molecule has 0 radical (unpaired) electrons. The fourth-order valence-corrected chi connectivity index (χ4v) is 0.801. The van der Waals surface area contributed by atoms with Crippen LogP contribution in [0.5, 0.6) is 11.5 Å². The molecule has 0 fully saturated rings. The van der Waals surface area contributed by atoms with Gasteiger partial charge in [-0.3, -0.25) is 5.43 Å². The third kappa shape index (κ3) is 2.64. The van der Waals surface area contributed by atoms with E-state index in [0.29, 0.717) is 11.5 Å². The first-order valence-electron chi connectivity index (χ1n) is 3.58. The smallest absolute Gasteiger partial charge is 0.426 e. The van der Waals surface area contributed by atoms with E-state index in [4.69, 9.17) is 15.3 Å². The van der Waals surface area contributed by atoms with Crippen molar-refractivity contribution in [3.63, 3.8) is 0 Å². The number of benzene rings is 1. The van der Waals surface area contributed by atoms with E-state index in [0.717, 1.165) is 0 Å². The average molecular weight is 182 g/mol. The zero-order chi connectivity index (χ0) is 9.68. The molecule has 0 aliphatic rings. The van der Waals surface area contributed by atoms with E-state index in [9.17, 15) is 4.79 Å². The highest BCUT2D eigenvalue weighted by atomic mass is 16.6. The highest BCUT2D eigenvalue weighted by Crippen LogP contribution is 2.18. The van der Waals surface area contributed by atoms with Gasteiger partial charge in [-0.2, -0.15) is 0 Å². The molecule has 0 atom stereocenters. The number of rotatable bonds is 2. The normalized spacial score (nSPS) is 9.08. The summed E-state index contributed by atoms with van der Waals surface area (Å²) in [6, 6.07) is 6.65. The number of hydrogen-bond donors (Lipinski definition) is 2. The Hall–Kier alpha value is -1.75. The van der Waals surface area contributed by atoms with Gasteiger partial charge in [0.15, 0.2) is 0 Å². The van der Waals surface area contributed by atoms with Gasteiger partial charge in [0, 0.05) is 6.07 Å². The van der Waals surface area contributed by atoms with Gasteiger partial charge in [-0.25, -0.2) is 10.6 Å². The molecule has 70 valence electrons. The van der Waals surface area contributed by atoms with Gasteiger partial charge in [0.2, 0.25) is 0 Å². The molecule has 5 nitrogen and oxygen atoms in total. The van der Waals surface area contributed by atoms with Crippen molar-refractivity contribution in [1.29, 1.82) is 0 Å². The second-order valence-corrected chi connectivity index (χ2v) is 2.21. The Morgan fingerprint density at radius 1 is 1.46 bits per heavy atom. The van der Waals surface area contributed by atoms with Crippen molar-refractivity contribution >= 4 is 6.09 Å². The molecule has 0 unspecified atom stereocenters. The maximum Gasteiger partial charge on any atom is 0.426 e. The third-order valence-electron chi connectivity index (χ3n) is 1.37. The summed E-state index contributed by atoms with van der Waals surface area (Å²) in [5.41, 5.74) is 1.85. The summed E-state index contributed by atoms with van der Waals surface area (Å²) in [7, 11) is 1.53. The van der Waals surface area contributed by atoms with Gasteiger partial charge in [-0.05, 0) is 12.1 Å². The first-order valence-corrected chi connectivity index (χ1v) is 3.58. The quantitative estimate of drug-likeness (QED) is 0.400. The average Bonchev–Trinajstić information content (AvgIpc) is 2.18. The number of amides is 1. The number of nitrogens with one attached hydrogen (secondary N) is 1. The standard InChI is InChI=1S/C8H10N2O3/c1-12-6-3-2-4-7(5-6)13-8(11)10-9/h2-5H,9H2,1H3,(H,10,11). The minimum atomic E-state index is -0.715. The van der Waals surface area contributed by atoms with Crippen LogP contribution in [-0.4, -0.2) is 13.2 Å². The molecular weight excluding hydrogens is 172 g/mol. The zero-order valence-electron chi connectivity index (χ0n) is 7.11. The van der Waals surface area contributed by atoms with E-state index >= 15 is 0 Å². The molecule has 3 N–H and O–H groups in total. The van der Waals surface area contributed by atoms with E-state index in [1.807, 2.05) is 5.43 Å². The van der Waals surface area contributed by atoms with Crippen molar-refractivity contribution in [2.75, 3.05) is 7.11 Å². The first kappa shape index (κ1) is 9.34. The lowest BCUT2D eigenvalue weighted by atomic mass is 10.3. The van der Waals surface area contributed by atoms with Crippen LogP contribution in [0.4, 0.5) is 4.79 Å². The Morgan fingerprint density at radius 3 is 2.77 bits per heavy atom. The maximum absolute atomic E-state index is 10.7. The van der Waals surface area contributed by atoms with Crippen molar-refractivity contribution in [2.45, 2.75) is 0 Å². The minimum absolute atomic E-state index is 0.377. The van der Waals surface area contributed by atoms with Gasteiger partial charge in [0.05, 0.1) is 7.11 Å². The molecule has 1 aromatic rings. The number of carbonyl (C=O) groups is 1. The molecule has 13 heavy (non-hydrogen) atoms. The Labute approximate surface area is 75.4 Å². The van der Waals surface area contributed by atoms with Gasteiger partial charge >= 0.3 is 6.09 Å². The molecule has 0 bridgehead atoms. The molecule has 1 rings (SSSR count). The van der Waals surface area contributed by atoms with Crippen molar-refractivity contribution < 1.29 is 14.3 Å². The molecule has 0 heterocycles. The molecule has 0 saturated heterocycles. The van der Waals surface area contributed by atoms with Gasteiger partial charge in [0.1, 0.15) is 11.5 Å². The van der Waals surface area contributed by atoms with Crippen LogP contribution >= 0.6 is 0 Å². The number of nitrogens with two attached hydrogens (primary N) is 1. The van der Waals surface area contributed by atoms with E-state index in [-0.39, 0.29) is 0 Å². The molecule has 0 aromatic heterocycles. The predicted octanol–water partition coefficient (Wildman–Crippen LogP) is 0.657. The van der Waals surface area contributed by atoms with E-state index in [1.54, 1.807) is 24.3 Å². The Bertz CT molecular complexity index is 301. The van der Waals surface area contributed by atoms with Crippen LogP contribution in [-0.2, 0) is 0 Å². The summed E-state index contributed by atoms with van der Waals surface area (Å²) in [4.78, 5) is 10.7. The van der Waals surface area contributed by atoms with Crippen molar-refractivity contribution in [3.05, 3.63) is 24.3 Å². The number of ether oxygens (including phenoxy) is 2. The second-order valence-electron chi connectivity index (χ2n) is 2.21. The van der Waals surface area contributed by atoms with Crippen molar-refractivity contribution in [3.8, 4) is 11.5 Å². The Balaban J connectivity index is 2.71. The summed E-state index contributed by atoms with van der Waals surface area (Å²) < 4.78 is 9.68. The third-order valence-corrected chi connectivity index (χ3v) is 1.37. The number of hydrogen-bond acceptors (Lipinski definition) is 4. The Kier molecular flexibility index (Phi) is 3.10. The molecule has 1 aromatic carbocycles. The lowest BCUT2D eigenvalue weighted by Gasteiger charge is -2.04. The molecular formula is C8H10N2O3. The number of carbonyl (C=O) groups excluding carboxylic acids is 1. The van der Waals surface area contributed by atoms with E-state index in [2.05, 4.69) is 0 Å². The van der Waals surface area contributed by atoms with Crippen LogP contribution in [0, 0.1) is 0 Å². The van der Waals surface area contributed by atoms with Crippen molar-refractivity contribution in [2.24, 2.45) is 5.84 Å². The van der Waals surface area contributed by atoms with Crippen LogP contribution in [0.2, 0.25) is 0 Å². The number of hydrazine groups is 1. The Morgan fingerprint density at radius 2 is 2.15 bits per heavy atom. The summed E-state index contributed by atoms with van der Waals surface area (Å²) in [5, 5.41) is 0. The SMILES string of the molecule is COc1cccc(OC(=O)NN)c1. The van der Waals surface area contributed by atoms with Crippen LogP contribution in [0.15, 0.2) is 24.3 Å². The predicted molar refractivity (Wildman–Crippen MR) is 46.3 cm³/mol. The molecule has 0 aliphatic carbocycles. The van der Waals surface area contributed by atoms with Crippen LogP contribution in [0.3, 0.4) is 0 Å². The molecule has 1 amide bonds. The number of methoxy groups -OCH3 is 1. The van der Waals surface area contributed by atoms with Crippen molar-refractivity contribution in [1.82, 2.24) is 5.43 Å². The van der Waals surface area contributed by atoms with Crippen LogP contribution < -0.4 is 20.7 Å². The second kappa shape index (κ2) is 4.32. The molecule has 0 spiro atoms. The summed E-state index contributed by atoms with van der Waals surface area (Å²) in [6.45, 7) is 0. The van der Waals surface area contributed by atoms with E-state index in [1.165, 1.54) is 7.11 Å². The monoisotopic (exact) mass is 182 g/mol. The van der Waals surface area contributed by atoms with Gasteiger partial charge in [-0.1, -0.05) is 6.07 Å². The van der Waals surface area contributed by atoms with Gasteiger partial charge in [-0.15, -0.1) is 0 Å². The molecule has 0 saturated carbocycles. The zero-order valence-corrected chi connectivity index (χ0v) is 7.11. The fourth-order valence-electron chi connectivity index (χ4n) is 0.801. The highest BCUT2D eigenvalue weighted by Gasteiger charge is 2.01. The summed E-state index contributed by atoms with van der Waals surface area (Å²) in [6.07, 6.45) is -0.715. The topological polar surface area (TPSA) is 73.6 Å². The summed E-state index contributed by atoms with van der Waals surface area (Å²) >= 11 is 0. The molecule has 5 heteroatoms. The fraction of sp³-hybridized carbons (Fsp3) is 0.125. The van der Waals surface area contributed by atoms with Gasteiger partial charge < -0.3 is 9.47 Å². The first-order chi connectivity index (χ1) is 6.26. The molecule has 0 aliphatic heterocycles. The van der Waals surface area contributed by atoms with Crippen LogP contribution in [0.25, 0.3) is 0 Å². The van der Waals surface area contributed by atoms with Crippen LogP contribution in [0.1, 0.15) is 0 Å². The van der Waals surface area contributed by atoms with Gasteiger partial charge in [0.25, 0.3) is 0 Å². The largest absolute Gasteiger partial charge is 0.497 e. The lowest BCUT2D eigenvalue weighted by molar-refractivity contribution is 0.200. The lowest BCUT2D eigenvalue weighted by Crippen LogP contribution is -2.32. The maximum atomic E-state index is 10.7. The summed E-state index contributed by atoms with van der Waals surface area (Å²) in [5.74, 6) is 5.83. The highest BCUT2D eigenvalue weighted by molar-refractivity contribution is 5.69. The van der Waals surface area contributed by atoms with E-state index < -0.39 is 6.09 Å².